The van der Waals surface area contributed by atoms with Gasteiger partial charge in [0.2, 0.25) is 0 Å². The normalized spacial score (nSPS) is 10.3. The number of hydrazone groups is 1. The van der Waals surface area contributed by atoms with E-state index in [4.69, 9.17) is 9.47 Å². The Balaban J connectivity index is 1.94. The minimum atomic E-state index is -0.882. The lowest BCUT2D eigenvalue weighted by molar-refractivity contribution is -0.138. The predicted molar refractivity (Wildman–Crippen MR) is 111 cm³/mol. The van der Waals surface area contributed by atoms with Gasteiger partial charge in [-0.05, 0) is 48.0 Å². The molecule has 0 radical (unpaired) electrons. The van der Waals surface area contributed by atoms with Crippen molar-refractivity contribution in [2.45, 2.75) is 0 Å². The fourth-order valence-corrected chi connectivity index (χ4v) is 2.35. The highest BCUT2D eigenvalue weighted by Crippen LogP contribution is 2.27. The molecule has 0 saturated carbocycles. The molecule has 152 valence electrons. The molecule has 2 rings (SSSR count). The van der Waals surface area contributed by atoms with E-state index in [0.29, 0.717) is 22.7 Å². The van der Waals surface area contributed by atoms with Crippen molar-refractivity contribution in [1.29, 1.82) is 0 Å². The van der Waals surface area contributed by atoms with Gasteiger partial charge in [0.05, 0.1) is 13.3 Å². The number of carbonyl (C=O) groups is 3. The van der Waals surface area contributed by atoms with Crippen LogP contribution in [-0.2, 0) is 14.4 Å². The molecular formula is C19H19BrN4O5. The molecule has 2 aromatic carbocycles. The van der Waals surface area contributed by atoms with Gasteiger partial charge in [-0.1, -0.05) is 15.9 Å². The van der Waals surface area contributed by atoms with Crippen molar-refractivity contribution in [2.75, 3.05) is 26.1 Å². The number of likely N-dealkylation sites (N-methyl/N-ethyl adjacent to an activating group) is 1. The number of hydrogen-bond donors (Lipinski definition) is 3. The molecule has 10 heteroatoms. The Labute approximate surface area is 175 Å². The van der Waals surface area contributed by atoms with Crippen LogP contribution in [0.1, 0.15) is 5.56 Å². The lowest BCUT2D eigenvalue weighted by Crippen LogP contribution is -2.35. The average Bonchev–Trinajstić information content (AvgIpc) is 2.73. The van der Waals surface area contributed by atoms with Crippen molar-refractivity contribution in [3.8, 4) is 11.5 Å². The standard InChI is InChI=1S/C19H19BrN4O5/c1-21-18(26)19(27)24-22-10-12-3-8-15(16(9-12)28-2)29-11-17(25)23-14-6-4-13(20)5-7-14/h3-10H,11H2,1-2H3,(H,21,26)(H,23,25)(H,24,27)/b22-10-. The third-order valence-electron chi connectivity index (χ3n) is 3.49. The molecule has 29 heavy (non-hydrogen) atoms. The Morgan fingerprint density at radius 2 is 1.79 bits per heavy atom. The molecule has 0 aliphatic rings. The number of anilines is 1. The molecule has 3 N–H and O–H groups in total. The Morgan fingerprint density at radius 1 is 1.07 bits per heavy atom. The first kappa shape index (κ1) is 21.9. The van der Waals surface area contributed by atoms with Crippen LogP contribution in [0.4, 0.5) is 5.69 Å². The maximum absolute atomic E-state index is 12.0. The van der Waals surface area contributed by atoms with Crippen molar-refractivity contribution in [3.05, 3.63) is 52.5 Å². The zero-order chi connectivity index (χ0) is 21.2. The molecule has 0 aromatic heterocycles. The summed E-state index contributed by atoms with van der Waals surface area (Å²) in [5.74, 6) is -1.26. The predicted octanol–water partition coefficient (Wildman–Crippen LogP) is 1.67. The van der Waals surface area contributed by atoms with Crippen molar-refractivity contribution in [1.82, 2.24) is 10.7 Å². The molecule has 0 unspecified atom stereocenters. The minimum absolute atomic E-state index is 0.206. The molecule has 0 fully saturated rings. The minimum Gasteiger partial charge on any atom is -0.493 e. The molecule has 0 bridgehead atoms. The number of halogens is 1. The Bertz CT molecular complexity index is 915. The molecule has 0 aliphatic heterocycles. The summed E-state index contributed by atoms with van der Waals surface area (Å²) in [6, 6.07) is 12.0. The second kappa shape index (κ2) is 10.8. The quantitative estimate of drug-likeness (QED) is 0.328. The van der Waals surface area contributed by atoms with Crippen LogP contribution in [0.2, 0.25) is 0 Å². The molecule has 0 saturated heterocycles. The summed E-state index contributed by atoms with van der Waals surface area (Å²) in [6.45, 7) is -0.206. The number of ether oxygens (including phenoxy) is 2. The highest BCUT2D eigenvalue weighted by Gasteiger charge is 2.10. The van der Waals surface area contributed by atoms with Gasteiger partial charge in [0, 0.05) is 17.2 Å². The number of benzene rings is 2. The maximum atomic E-state index is 12.0. The van der Waals surface area contributed by atoms with E-state index in [9.17, 15) is 14.4 Å². The molecule has 0 heterocycles. The summed E-state index contributed by atoms with van der Waals surface area (Å²) < 4.78 is 11.7. The fourth-order valence-electron chi connectivity index (χ4n) is 2.09. The van der Waals surface area contributed by atoms with Crippen molar-refractivity contribution >= 4 is 45.6 Å². The number of rotatable bonds is 7. The van der Waals surface area contributed by atoms with Gasteiger partial charge >= 0.3 is 11.8 Å². The van der Waals surface area contributed by atoms with Crippen LogP contribution in [0.25, 0.3) is 0 Å². The topological polar surface area (TPSA) is 118 Å². The number of amides is 3. The monoisotopic (exact) mass is 462 g/mol. The van der Waals surface area contributed by atoms with Gasteiger partial charge in [0.25, 0.3) is 5.91 Å². The summed E-state index contributed by atoms with van der Waals surface area (Å²) >= 11 is 3.33. The molecule has 9 nitrogen and oxygen atoms in total. The van der Waals surface area contributed by atoms with Crippen LogP contribution in [0.5, 0.6) is 11.5 Å². The zero-order valence-corrected chi connectivity index (χ0v) is 17.3. The van der Waals surface area contributed by atoms with Crippen LogP contribution < -0.4 is 25.5 Å². The van der Waals surface area contributed by atoms with E-state index in [1.165, 1.54) is 20.4 Å². The van der Waals surface area contributed by atoms with Gasteiger partial charge in [-0.15, -0.1) is 0 Å². The highest BCUT2D eigenvalue weighted by molar-refractivity contribution is 9.10. The van der Waals surface area contributed by atoms with E-state index in [1.807, 2.05) is 12.1 Å². The first-order chi connectivity index (χ1) is 13.9. The van der Waals surface area contributed by atoms with Gasteiger partial charge in [-0.25, -0.2) is 5.43 Å². The first-order valence-electron chi connectivity index (χ1n) is 8.34. The van der Waals surface area contributed by atoms with Gasteiger partial charge in [-0.2, -0.15) is 5.10 Å². The zero-order valence-electron chi connectivity index (χ0n) is 15.7. The van der Waals surface area contributed by atoms with Crippen LogP contribution >= 0.6 is 15.9 Å². The van der Waals surface area contributed by atoms with E-state index >= 15 is 0 Å². The Kier molecular flexibility index (Phi) is 8.16. The Morgan fingerprint density at radius 3 is 2.45 bits per heavy atom. The third kappa shape index (κ3) is 6.92. The lowest BCUT2D eigenvalue weighted by atomic mass is 10.2. The largest absolute Gasteiger partial charge is 0.493 e. The summed E-state index contributed by atoms with van der Waals surface area (Å²) in [7, 11) is 2.80. The van der Waals surface area contributed by atoms with Gasteiger partial charge in [0.15, 0.2) is 18.1 Å². The molecule has 3 amide bonds. The van der Waals surface area contributed by atoms with E-state index in [2.05, 4.69) is 37.1 Å². The number of hydrogen-bond acceptors (Lipinski definition) is 6. The van der Waals surface area contributed by atoms with Gasteiger partial charge < -0.3 is 20.1 Å². The maximum Gasteiger partial charge on any atom is 0.329 e. The van der Waals surface area contributed by atoms with Crippen LogP contribution in [0.15, 0.2) is 52.0 Å². The van der Waals surface area contributed by atoms with Crippen molar-refractivity contribution in [2.24, 2.45) is 5.10 Å². The van der Waals surface area contributed by atoms with Gasteiger partial charge in [-0.3, -0.25) is 14.4 Å². The number of carbonyl (C=O) groups excluding carboxylic acids is 3. The van der Waals surface area contributed by atoms with Crippen molar-refractivity contribution < 1.29 is 23.9 Å². The van der Waals surface area contributed by atoms with E-state index < -0.39 is 11.8 Å². The van der Waals surface area contributed by atoms with Crippen LogP contribution in [0, 0.1) is 0 Å². The van der Waals surface area contributed by atoms with Crippen LogP contribution in [0.3, 0.4) is 0 Å². The summed E-state index contributed by atoms with van der Waals surface area (Å²) in [5, 5.41) is 8.60. The van der Waals surface area contributed by atoms with Crippen molar-refractivity contribution in [3.63, 3.8) is 0 Å². The Hall–Kier alpha value is -3.40. The molecular weight excluding hydrogens is 444 g/mol. The SMILES string of the molecule is CNC(=O)C(=O)N/N=C\c1ccc(OCC(=O)Nc2ccc(Br)cc2)c(OC)c1. The van der Waals surface area contributed by atoms with Crippen LogP contribution in [-0.4, -0.2) is 44.7 Å². The third-order valence-corrected chi connectivity index (χ3v) is 4.02. The lowest BCUT2D eigenvalue weighted by Gasteiger charge is -2.11. The molecule has 0 atom stereocenters. The number of nitrogens with one attached hydrogen (secondary N) is 3. The van der Waals surface area contributed by atoms with E-state index in [1.54, 1.807) is 30.3 Å². The molecule has 0 aliphatic carbocycles. The summed E-state index contributed by atoms with van der Waals surface area (Å²) in [5.41, 5.74) is 3.33. The molecule has 0 spiro atoms. The second-order valence-corrected chi connectivity index (χ2v) is 6.45. The summed E-state index contributed by atoms with van der Waals surface area (Å²) in [6.07, 6.45) is 1.34. The highest BCUT2D eigenvalue weighted by atomic mass is 79.9. The first-order valence-corrected chi connectivity index (χ1v) is 9.13. The van der Waals surface area contributed by atoms with E-state index in [-0.39, 0.29) is 12.5 Å². The second-order valence-electron chi connectivity index (χ2n) is 5.53. The number of methoxy groups -OCH3 is 1. The van der Waals surface area contributed by atoms with Gasteiger partial charge in [0.1, 0.15) is 0 Å². The molecule has 2 aromatic rings. The average molecular weight is 463 g/mol. The smallest absolute Gasteiger partial charge is 0.329 e. The fraction of sp³-hybridized carbons (Fsp3) is 0.158. The van der Waals surface area contributed by atoms with E-state index in [0.717, 1.165) is 4.47 Å². The number of nitrogens with zero attached hydrogens (tertiary/aromatic N) is 1. The summed E-state index contributed by atoms with van der Waals surface area (Å²) in [4.78, 5) is 34.4.